The van der Waals surface area contributed by atoms with E-state index in [4.69, 9.17) is 33.3 Å². The van der Waals surface area contributed by atoms with Gasteiger partial charge in [-0.3, -0.25) is 9.69 Å². The Morgan fingerprint density at radius 3 is 2.50 bits per heavy atom. The lowest BCUT2D eigenvalue weighted by Gasteiger charge is -2.16. The van der Waals surface area contributed by atoms with Crippen LogP contribution in [0.1, 0.15) is 27.8 Å². The Morgan fingerprint density at radius 2 is 1.83 bits per heavy atom. The van der Waals surface area contributed by atoms with E-state index in [1.165, 1.54) is 17.3 Å². The zero-order chi connectivity index (χ0) is 25.8. The number of methoxy groups -OCH3 is 1. The van der Waals surface area contributed by atoms with Gasteiger partial charge in [-0.05, 0) is 85.0 Å². The van der Waals surface area contributed by atoms with Gasteiger partial charge in [0.15, 0.2) is 15.8 Å². The van der Waals surface area contributed by atoms with Crippen molar-refractivity contribution < 1.29 is 14.3 Å². The Morgan fingerprint density at radius 1 is 1.08 bits per heavy atom. The average molecular weight is 536 g/mol. The van der Waals surface area contributed by atoms with Crippen molar-refractivity contribution in [3.63, 3.8) is 0 Å². The molecule has 0 saturated carbocycles. The molecule has 1 aliphatic heterocycles. The molecule has 184 valence electrons. The van der Waals surface area contributed by atoms with E-state index in [0.717, 1.165) is 27.9 Å². The summed E-state index contributed by atoms with van der Waals surface area (Å²) in [5.74, 6) is 1.09. The van der Waals surface area contributed by atoms with Crippen LogP contribution in [-0.2, 0) is 17.8 Å². The molecule has 0 aromatic heterocycles. The van der Waals surface area contributed by atoms with Gasteiger partial charge >= 0.3 is 0 Å². The second kappa shape index (κ2) is 11.3. The highest BCUT2D eigenvalue weighted by molar-refractivity contribution is 8.27. The van der Waals surface area contributed by atoms with Gasteiger partial charge in [0.1, 0.15) is 6.61 Å². The number of halogens is 1. The molecule has 0 spiro atoms. The van der Waals surface area contributed by atoms with Crippen LogP contribution in [-0.4, -0.2) is 17.3 Å². The molecule has 7 heteroatoms. The predicted molar refractivity (Wildman–Crippen MR) is 154 cm³/mol. The number of hydrogen-bond donors (Lipinski definition) is 0. The van der Waals surface area contributed by atoms with Crippen molar-refractivity contribution in [2.75, 3.05) is 12.0 Å². The van der Waals surface area contributed by atoms with E-state index < -0.39 is 0 Å². The minimum Gasteiger partial charge on any atom is -0.493 e. The fourth-order valence-corrected chi connectivity index (χ4v) is 5.26. The molecule has 0 N–H and O–H groups in total. The van der Waals surface area contributed by atoms with Gasteiger partial charge in [-0.25, -0.2) is 0 Å². The number of thioether (sulfide) groups is 1. The van der Waals surface area contributed by atoms with E-state index in [1.54, 1.807) is 12.0 Å². The van der Waals surface area contributed by atoms with E-state index in [0.29, 0.717) is 38.8 Å². The van der Waals surface area contributed by atoms with E-state index >= 15 is 0 Å². The molecule has 0 aliphatic carbocycles. The summed E-state index contributed by atoms with van der Waals surface area (Å²) in [5.41, 5.74) is 5.78. The quantitative estimate of drug-likeness (QED) is 0.168. The number of benzene rings is 3. The zero-order valence-electron chi connectivity index (χ0n) is 20.3. The molecule has 4 nitrogen and oxygen atoms in total. The molecule has 1 heterocycles. The van der Waals surface area contributed by atoms with Gasteiger partial charge in [-0.15, -0.1) is 6.58 Å². The van der Waals surface area contributed by atoms with Crippen LogP contribution in [0.15, 0.2) is 72.2 Å². The fourth-order valence-electron chi connectivity index (χ4n) is 3.83. The third-order valence-electron chi connectivity index (χ3n) is 5.87. The zero-order valence-corrected chi connectivity index (χ0v) is 22.7. The Balaban J connectivity index is 1.64. The van der Waals surface area contributed by atoms with Crippen molar-refractivity contribution in [2.45, 2.75) is 26.9 Å². The molecule has 3 aromatic carbocycles. The minimum atomic E-state index is -0.138. The number of ether oxygens (including phenoxy) is 2. The standard InChI is InChI=1S/C29H26ClNO3S2/c1-5-6-22-14-21(15-25(33-4)27(22)34-17-20-8-10-23(30)11-9-20)16-26-28(32)31(29(35)36-26)24-12-7-18(2)19(3)13-24/h5,7-16H,1,6,17H2,2-4H3/b26-16-. The number of hydrogen-bond acceptors (Lipinski definition) is 5. The molecule has 1 aliphatic rings. The monoisotopic (exact) mass is 535 g/mol. The molecule has 1 amide bonds. The van der Waals surface area contributed by atoms with Crippen LogP contribution in [0.5, 0.6) is 11.5 Å². The van der Waals surface area contributed by atoms with E-state index in [1.807, 2.05) is 80.6 Å². The first-order chi connectivity index (χ1) is 17.3. The normalized spacial score (nSPS) is 14.4. The summed E-state index contributed by atoms with van der Waals surface area (Å²) in [7, 11) is 1.60. The van der Waals surface area contributed by atoms with Crippen molar-refractivity contribution in [2.24, 2.45) is 0 Å². The summed E-state index contributed by atoms with van der Waals surface area (Å²) in [6.07, 6.45) is 4.24. The van der Waals surface area contributed by atoms with Crippen molar-refractivity contribution >= 4 is 57.6 Å². The van der Waals surface area contributed by atoms with Crippen LogP contribution in [0, 0.1) is 13.8 Å². The predicted octanol–water partition coefficient (Wildman–Crippen LogP) is 7.68. The molecule has 3 aromatic rings. The van der Waals surface area contributed by atoms with Crippen LogP contribution in [0.4, 0.5) is 5.69 Å². The van der Waals surface area contributed by atoms with Gasteiger partial charge < -0.3 is 9.47 Å². The maximum Gasteiger partial charge on any atom is 0.270 e. The third-order valence-corrected chi connectivity index (χ3v) is 7.43. The lowest BCUT2D eigenvalue weighted by molar-refractivity contribution is -0.113. The summed E-state index contributed by atoms with van der Waals surface area (Å²) >= 11 is 12.8. The van der Waals surface area contributed by atoms with Gasteiger partial charge in [-0.2, -0.15) is 0 Å². The second-order valence-electron chi connectivity index (χ2n) is 8.41. The van der Waals surface area contributed by atoms with Crippen LogP contribution in [0.3, 0.4) is 0 Å². The van der Waals surface area contributed by atoms with Gasteiger partial charge in [0.05, 0.1) is 17.7 Å². The maximum atomic E-state index is 13.3. The summed E-state index contributed by atoms with van der Waals surface area (Å²) in [6.45, 7) is 8.32. The first-order valence-electron chi connectivity index (χ1n) is 11.3. The van der Waals surface area contributed by atoms with Crippen molar-refractivity contribution in [1.29, 1.82) is 0 Å². The van der Waals surface area contributed by atoms with E-state index in [9.17, 15) is 4.79 Å². The molecule has 36 heavy (non-hydrogen) atoms. The second-order valence-corrected chi connectivity index (χ2v) is 10.5. The number of aryl methyl sites for hydroxylation is 2. The van der Waals surface area contributed by atoms with Gasteiger partial charge in [0.2, 0.25) is 0 Å². The molecular weight excluding hydrogens is 510 g/mol. The van der Waals surface area contributed by atoms with Gasteiger partial charge in [0, 0.05) is 10.6 Å². The maximum absolute atomic E-state index is 13.3. The van der Waals surface area contributed by atoms with E-state index in [2.05, 4.69) is 6.58 Å². The first kappa shape index (κ1) is 26.0. The summed E-state index contributed by atoms with van der Waals surface area (Å²) in [4.78, 5) is 15.4. The van der Waals surface area contributed by atoms with Crippen molar-refractivity contribution in [1.82, 2.24) is 0 Å². The van der Waals surface area contributed by atoms with Gasteiger partial charge in [-0.1, -0.05) is 59.9 Å². The van der Waals surface area contributed by atoms with Crippen LogP contribution >= 0.6 is 35.6 Å². The highest BCUT2D eigenvalue weighted by atomic mass is 35.5. The van der Waals surface area contributed by atoms with Crippen molar-refractivity contribution in [3.8, 4) is 11.5 Å². The van der Waals surface area contributed by atoms with Crippen LogP contribution in [0.25, 0.3) is 6.08 Å². The molecule has 0 atom stereocenters. The highest BCUT2D eigenvalue weighted by Gasteiger charge is 2.33. The number of carbonyl (C=O) groups is 1. The number of thiocarbonyl (C=S) groups is 1. The summed E-state index contributed by atoms with van der Waals surface area (Å²) in [5, 5.41) is 0.677. The molecule has 0 radical (unpaired) electrons. The highest BCUT2D eigenvalue weighted by Crippen LogP contribution is 2.39. The molecule has 0 unspecified atom stereocenters. The number of rotatable bonds is 8. The molecule has 1 saturated heterocycles. The third kappa shape index (κ3) is 5.67. The molecule has 4 rings (SSSR count). The Kier molecular flexibility index (Phi) is 8.19. The minimum absolute atomic E-state index is 0.138. The Hall–Kier alpha value is -3.06. The van der Waals surface area contributed by atoms with Gasteiger partial charge in [0.25, 0.3) is 5.91 Å². The topological polar surface area (TPSA) is 38.8 Å². The Bertz CT molecular complexity index is 1370. The Labute approximate surface area is 226 Å². The number of amides is 1. The summed E-state index contributed by atoms with van der Waals surface area (Å²) < 4.78 is 12.3. The average Bonchev–Trinajstić information content (AvgIpc) is 3.13. The smallest absolute Gasteiger partial charge is 0.270 e. The van der Waals surface area contributed by atoms with Crippen LogP contribution < -0.4 is 14.4 Å². The van der Waals surface area contributed by atoms with Crippen molar-refractivity contribution in [3.05, 3.63) is 105 Å². The summed E-state index contributed by atoms with van der Waals surface area (Å²) in [6, 6.07) is 17.3. The number of anilines is 1. The largest absolute Gasteiger partial charge is 0.493 e. The molecular formula is C29H26ClNO3S2. The number of carbonyl (C=O) groups excluding carboxylic acids is 1. The number of allylic oxidation sites excluding steroid dienone is 1. The SMILES string of the molecule is C=CCc1cc(/C=C2\SC(=S)N(c3ccc(C)c(C)c3)C2=O)cc(OC)c1OCc1ccc(Cl)cc1. The lowest BCUT2D eigenvalue weighted by atomic mass is 10.0. The van der Waals surface area contributed by atoms with Crippen LogP contribution in [0.2, 0.25) is 5.02 Å². The fraction of sp³-hybridized carbons (Fsp3) is 0.172. The first-order valence-corrected chi connectivity index (χ1v) is 12.9. The lowest BCUT2D eigenvalue weighted by Crippen LogP contribution is -2.27. The molecule has 1 fully saturated rings. The molecule has 0 bridgehead atoms. The number of nitrogens with zero attached hydrogens (tertiary/aromatic N) is 1. The van der Waals surface area contributed by atoms with E-state index in [-0.39, 0.29) is 5.91 Å².